The number of carboxylic acid groups (broad SMARTS) is 1. The van der Waals surface area contributed by atoms with E-state index in [1.807, 2.05) is 0 Å². The molecule has 0 aromatic heterocycles. The highest BCUT2D eigenvalue weighted by atomic mass is 35.5. The van der Waals surface area contributed by atoms with Gasteiger partial charge < -0.3 is 19.4 Å². The number of nitrogens with zero attached hydrogens (tertiary/aromatic N) is 1. The standard InChI is InChI=1S/C24H17Cl2NO4/c1-30-22-12-16(10-19(13-27)17-6-8-20(25)9-7-17)11-21(26)23(22)31-14-15-2-4-18(5-3-15)24(28)29/h2-12H,14H2,1H3,(H,28,29)/p-1/b19-10+. The second kappa shape index (κ2) is 10.0. The molecule has 0 aliphatic heterocycles. The molecule has 0 aliphatic carbocycles. The molecule has 0 aliphatic rings. The van der Waals surface area contributed by atoms with Crippen LogP contribution >= 0.6 is 23.2 Å². The van der Waals surface area contributed by atoms with Crippen LogP contribution in [0.4, 0.5) is 0 Å². The molecule has 31 heavy (non-hydrogen) atoms. The molecule has 0 fully saturated rings. The predicted octanol–water partition coefficient (Wildman–Crippen LogP) is 5.01. The second-order valence-electron chi connectivity index (χ2n) is 6.48. The van der Waals surface area contributed by atoms with Crippen LogP contribution in [0.2, 0.25) is 10.0 Å². The summed E-state index contributed by atoms with van der Waals surface area (Å²) in [5, 5.41) is 21.3. The van der Waals surface area contributed by atoms with Gasteiger partial charge in [0.2, 0.25) is 0 Å². The van der Waals surface area contributed by atoms with E-state index in [2.05, 4.69) is 6.07 Å². The average molecular weight is 453 g/mol. The van der Waals surface area contributed by atoms with Crippen molar-refractivity contribution in [3.05, 3.63) is 93.0 Å². The molecule has 3 aromatic carbocycles. The lowest BCUT2D eigenvalue weighted by Gasteiger charge is -2.14. The molecular weight excluding hydrogens is 437 g/mol. The van der Waals surface area contributed by atoms with Gasteiger partial charge in [0.1, 0.15) is 6.61 Å². The van der Waals surface area contributed by atoms with E-state index in [1.54, 1.807) is 54.6 Å². The van der Waals surface area contributed by atoms with E-state index in [9.17, 15) is 15.2 Å². The van der Waals surface area contributed by atoms with Gasteiger partial charge in [-0.3, -0.25) is 0 Å². The van der Waals surface area contributed by atoms with Crippen molar-refractivity contribution in [2.75, 3.05) is 7.11 Å². The number of hydrogen-bond donors (Lipinski definition) is 0. The molecule has 0 N–H and O–H groups in total. The molecule has 0 amide bonds. The summed E-state index contributed by atoms with van der Waals surface area (Å²) in [6.45, 7) is 0.160. The lowest BCUT2D eigenvalue weighted by atomic mass is 10.0. The second-order valence-corrected chi connectivity index (χ2v) is 7.33. The molecule has 0 atom stereocenters. The van der Waals surface area contributed by atoms with E-state index in [0.717, 1.165) is 11.1 Å². The van der Waals surface area contributed by atoms with Crippen LogP contribution in [-0.4, -0.2) is 13.1 Å². The van der Waals surface area contributed by atoms with Crippen molar-refractivity contribution in [3.63, 3.8) is 0 Å². The Morgan fingerprint density at radius 2 is 1.71 bits per heavy atom. The lowest BCUT2D eigenvalue weighted by Crippen LogP contribution is -2.22. The predicted molar refractivity (Wildman–Crippen MR) is 118 cm³/mol. The van der Waals surface area contributed by atoms with Gasteiger partial charge in [-0.25, -0.2) is 0 Å². The molecule has 5 nitrogen and oxygen atoms in total. The highest BCUT2D eigenvalue weighted by molar-refractivity contribution is 6.32. The SMILES string of the molecule is COc1cc(/C=C(\C#N)c2ccc(Cl)cc2)cc(Cl)c1OCc1ccc(C(=O)[O-])cc1. The van der Waals surface area contributed by atoms with Crippen molar-refractivity contribution >= 4 is 40.8 Å². The van der Waals surface area contributed by atoms with Gasteiger partial charge in [-0.1, -0.05) is 59.6 Å². The first-order valence-electron chi connectivity index (χ1n) is 9.09. The van der Waals surface area contributed by atoms with Gasteiger partial charge in [0, 0.05) is 5.02 Å². The molecular formula is C24H16Cl2NO4-. The van der Waals surface area contributed by atoms with Crippen LogP contribution in [0.25, 0.3) is 11.6 Å². The maximum absolute atomic E-state index is 10.8. The molecule has 0 saturated carbocycles. The van der Waals surface area contributed by atoms with E-state index in [-0.39, 0.29) is 12.2 Å². The van der Waals surface area contributed by atoms with Crippen molar-refractivity contribution in [3.8, 4) is 17.6 Å². The molecule has 3 rings (SSSR count). The van der Waals surface area contributed by atoms with Crippen LogP contribution in [-0.2, 0) is 6.61 Å². The summed E-state index contributed by atoms with van der Waals surface area (Å²) in [6, 6.07) is 18.7. The molecule has 0 heterocycles. The number of carboxylic acids is 1. The largest absolute Gasteiger partial charge is 0.545 e. The van der Waals surface area contributed by atoms with Crippen molar-refractivity contribution in [2.24, 2.45) is 0 Å². The number of rotatable bonds is 7. The Bertz CT molecular complexity index is 1160. The van der Waals surface area contributed by atoms with E-state index >= 15 is 0 Å². The fourth-order valence-corrected chi connectivity index (χ4v) is 3.23. The van der Waals surface area contributed by atoms with Gasteiger partial charge in [0.15, 0.2) is 11.5 Å². The zero-order valence-corrected chi connectivity index (χ0v) is 17.9. The zero-order chi connectivity index (χ0) is 22.4. The summed E-state index contributed by atoms with van der Waals surface area (Å²) >= 11 is 12.3. The molecule has 0 unspecified atom stereocenters. The van der Waals surface area contributed by atoms with Gasteiger partial charge in [0.25, 0.3) is 0 Å². The number of carbonyl (C=O) groups excluding carboxylic acids is 1. The number of carbonyl (C=O) groups is 1. The Hall–Kier alpha value is -3.46. The fraction of sp³-hybridized carbons (Fsp3) is 0.0833. The van der Waals surface area contributed by atoms with E-state index in [4.69, 9.17) is 32.7 Å². The number of nitriles is 1. The highest BCUT2D eigenvalue weighted by Crippen LogP contribution is 2.38. The third-order valence-corrected chi connectivity index (χ3v) is 4.94. The normalized spacial score (nSPS) is 11.0. The zero-order valence-electron chi connectivity index (χ0n) is 16.4. The molecule has 156 valence electrons. The summed E-state index contributed by atoms with van der Waals surface area (Å²) in [5.74, 6) is -0.495. The first-order chi connectivity index (χ1) is 14.9. The Morgan fingerprint density at radius 1 is 1.06 bits per heavy atom. The van der Waals surface area contributed by atoms with E-state index in [1.165, 1.54) is 19.2 Å². The van der Waals surface area contributed by atoms with Crippen LogP contribution in [0.5, 0.6) is 11.5 Å². The van der Waals surface area contributed by atoms with Crippen LogP contribution in [0.3, 0.4) is 0 Å². The number of aromatic carboxylic acids is 1. The third kappa shape index (κ3) is 5.58. The number of ether oxygens (including phenoxy) is 2. The molecule has 7 heteroatoms. The quantitative estimate of drug-likeness (QED) is 0.371. The number of methoxy groups -OCH3 is 1. The Morgan fingerprint density at radius 3 is 2.29 bits per heavy atom. The summed E-state index contributed by atoms with van der Waals surface area (Å²) in [6.07, 6.45) is 1.69. The van der Waals surface area contributed by atoms with Crippen molar-refractivity contribution in [1.82, 2.24) is 0 Å². The van der Waals surface area contributed by atoms with Crippen LogP contribution in [0.1, 0.15) is 27.0 Å². The van der Waals surface area contributed by atoms with Crippen molar-refractivity contribution in [1.29, 1.82) is 5.26 Å². The Balaban J connectivity index is 1.84. The topological polar surface area (TPSA) is 82.4 Å². The van der Waals surface area contributed by atoms with Gasteiger partial charge in [0.05, 0.1) is 29.7 Å². The third-order valence-electron chi connectivity index (χ3n) is 4.41. The Labute approximate surface area is 189 Å². The van der Waals surface area contributed by atoms with E-state index < -0.39 is 5.97 Å². The smallest absolute Gasteiger partial charge is 0.180 e. The van der Waals surface area contributed by atoms with Crippen LogP contribution < -0.4 is 14.6 Å². The number of benzene rings is 3. The minimum atomic E-state index is -1.24. The molecule has 0 spiro atoms. The summed E-state index contributed by atoms with van der Waals surface area (Å²) in [7, 11) is 1.49. The van der Waals surface area contributed by atoms with Crippen LogP contribution in [0.15, 0.2) is 60.7 Å². The average Bonchev–Trinajstić information content (AvgIpc) is 2.77. The van der Waals surface area contributed by atoms with E-state index in [0.29, 0.717) is 32.7 Å². The summed E-state index contributed by atoms with van der Waals surface area (Å²) < 4.78 is 11.2. The molecule has 0 radical (unpaired) electrons. The number of halogens is 2. The minimum absolute atomic E-state index is 0.0875. The molecule has 3 aromatic rings. The first kappa shape index (κ1) is 22.2. The lowest BCUT2D eigenvalue weighted by molar-refractivity contribution is -0.255. The Kier molecular flexibility index (Phi) is 7.19. The van der Waals surface area contributed by atoms with Crippen molar-refractivity contribution in [2.45, 2.75) is 6.61 Å². The first-order valence-corrected chi connectivity index (χ1v) is 9.85. The van der Waals surface area contributed by atoms with Gasteiger partial charge in [-0.2, -0.15) is 5.26 Å². The van der Waals surface area contributed by atoms with Gasteiger partial charge >= 0.3 is 0 Å². The van der Waals surface area contributed by atoms with Gasteiger partial charge in [-0.15, -0.1) is 0 Å². The minimum Gasteiger partial charge on any atom is -0.545 e. The summed E-state index contributed by atoms with van der Waals surface area (Å²) in [4.78, 5) is 10.8. The van der Waals surface area contributed by atoms with Crippen LogP contribution in [0, 0.1) is 11.3 Å². The maximum atomic E-state index is 10.8. The molecule has 0 saturated heterocycles. The number of allylic oxidation sites excluding steroid dienone is 1. The van der Waals surface area contributed by atoms with Crippen molar-refractivity contribution < 1.29 is 19.4 Å². The number of hydrogen-bond acceptors (Lipinski definition) is 5. The monoisotopic (exact) mass is 452 g/mol. The maximum Gasteiger partial charge on any atom is 0.180 e. The fourth-order valence-electron chi connectivity index (χ4n) is 2.83. The molecule has 0 bridgehead atoms. The summed E-state index contributed by atoms with van der Waals surface area (Å²) in [5.41, 5.74) is 2.67. The highest BCUT2D eigenvalue weighted by Gasteiger charge is 2.13. The van der Waals surface area contributed by atoms with Gasteiger partial charge in [-0.05, 0) is 52.6 Å².